The number of nitro groups is 1. The summed E-state index contributed by atoms with van der Waals surface area (Å²) in [4.78, 5) is 9.33. The molecule has 0 saturated heterocycles. The van der Waals surface area contributed by atoms with Gasteiger partial charge in [0.2, 0.25) is 0 Å². The molecule has 1 aromatic rings. The molecule has 0 spiro atoms. The molecule has 5 nitrogen and oxygen atoms in total. The van der Waals surface area contributed by atoms with Crippen molar-refractivity contribution < 1.29 is 13.3 Å². The van der Waals surface area contributed by atoms with Crippen LogP contribution in [0.4, 0.5) is 5.69 Å². The zero-order chi connectivity index (χ0) is 11.8. The first-order valence-corrected chi connectivity index (χ1v) is 6.31. The van der Waals surface area contributed by atoms with Gasteiger partial charge in [0.15, 0.2) is 0 Å². The van der Waals surface area contributed by atoms with Crippen LogP contribution < -0.4 is 0 Å². The number of halogens is 2. The van der Waals surface area contributed by atoms with Crippen LogP contribution in [0.25, 0.3) is 0 Å². The second-order valence-electron chi connectivity index (χ2n) is 2.79. The molecule has 0 heterocycles. The SMILES string of the molecule is Cc1cc([N+](=O)[O-])c(Cl)c(S(=O)(=O)Cl)c1. The fraction of sp³-hybridized carbons (Fsp3) is 0.143. The largest absolute Gasteiger partial charge is 0.289 e. The lowest BCUT2D eigenvalue weighted by molar-refractivity contribution is -0.385. The zero-order valence-electron chi connectivity index (χ0n) is 7.40. The van der Waals surface area contributed by atoms with Gasteiger partial charge in [-0.1, -0.05) is 11.6 Å². The van der Waals surface area contributed by atoms with Crippen LogP contribution in [-0.2, 0) is 9.05 Å². The fourth-order valence-electron chi connectivity index (χ4n) is 1.03. The summed E-state index contributed by atoms with van der Waals surface area (Å²) in [5, 5.41) is 10.1. The van der Waals surface area contributed by atoms with E-state index in [-0.39, 0.29) is 0 Å². The third-order valence-corrected chi connectivity index (χ3v) is 3.48. The lowest BCUT2D eigenvalue weighted by Gasteiger charge is -2.02. The first kappa shape index (κ1) is 12.2. The topological polar surface area (TPSA) is 77.3 Å². The summed E-state index contributed by atoms with van der Waals surface area (Å²) < 4.78 is 22.1. The minimum absolute atomic E-state index is 0.394. The molecule has 0 fully saturated rings. The highest BCUT2D eigenvalue weighted by Crippen LogP contribution is 2.34. The maximum absolute atomic E-state index is 11.0. The Kier molecular flexibility index (Phi) is 3.22. The summed E-state index contributed by atoms with van der Waals surface area (Å²) in [5.74, 6) is 0. The van der Waals surface area contributed by atoms with Crippen LogP contribution in [-0.4, -0.2) is 13.3 Å². The second kappa shape index (κ2) is 3.96. The lowest BCUT2D eigenvalue weighted by atomic mass is 10.2. The molecule has 0 amide bonds. The fourth-order valence-corrected chi connectivity index (χ4v) is 2.64. The van der Waals surface area contributed by atoms with E-state index in [9.17, 15) is 18.5 Å². The molecule has 0 radical (unpaired) electrons. The summed E-state index contributed by atoms with van der Waals surface area (Å²) in [6.07, 6.45) is 0. The molecule has 0 saturated carbocycles. The number of nitrogens with zero attached hydrogens (tertiary/aromatic N) is 1. The molecule has 0 aliphatic carbocycles. The number of benzene rings is 1. The lowest BCUT2D eigenvalue weighted by Crippen LogP contribution is -1.98. The molecule has 0 aromatic heterocycles. The average Bonchev–Trinajstić information content (AvgIpc) is 2.06. The zero-order valence-corrected chi connectivity index (χ0v) is 9.73. The third kappa shape index (κ3) is 2.58. The molecule has 0 N–H and O–H groups in total. The predicted octanol–water partition coefficient (Wildman–Crippen LogP) is 2.48. The van der Waals surface area contributed by atoms with Crippen molar-refractivity contribution in [3.63, 3.8) is 0 Å². The smallest absolute Gasteiger partial charge is 0.258 e. The highest BCUT2D eigenvalue weighted by atomic mass is 35.7. The molecule has 0 aliphatic rings. The van der Waals surface area contributed by atoms with E-state index >= 15 is 0 Å². The first-order chi connectivity index (χ1) is 6.73. The maximum Gasteiger partial charge on any atom is 0.289 e. The van der Waals surface area contributed by atoms with Crippen molar-refractivity contribution in [1.82, 2.24) is 0 Å². The van der Waals surface area contributed by atoms with Crippen LogP contribution in [0.3, 0.4) is 0 Å². The Labute approximate surface area is 95.2 Å². The normalized spacial score (nSPS) is 11.4. The van der Waals surface area contributed by atoms with Crippen LogP contribution in [0, 0.1) is 17.0 Å². The van der Waals surface area contributed by atoms with Crippen molar-refractivity contribution >= 4 is 37.0 Å². The number of nitro benzene ring substituents is 1. The molecule has 8 heteroatoms. The van der Waals surface area contributed by atoms with Gasteiger partial charge in [0.25, 0.3) is 14.7 Å². The molecule has 0 bridgehead atoms. The van der Waals surface area contributed by atoms with Crippen molar-refractivity contribution in [3.8, 4) is 0 Å². The van der Waals surface area contributed by atoms with Gasteiger partial charge in [0.05, 0.1) is 4.92 Å². The van der Waals surface area contributed by atoms with Gasteiger partial charge in [-0.05, 0) is 18.6 Å². The van der Waals surface area contributed by atoms with Gasteiger partial charge in [-0.15, -0.1) is 0 Å². The van der Waals surface area contributed by atoms with Gasteiger partial charge in [0, 0.05) is 16.7 Å². The Balaban J connectivity index is 3.63. The van der Waals surface area contributed by atoms with Gasteiger partial charge in [0.1, 0.15) is 9.92 Å². The molecular weight excluding hydrogens is 265 g/mol. The van der Waals surface area contributed by atoms with E-state index in [1.807, 2.05) is 0 Å². The van der Waals surface area contributed by atoms with Crippen LogP contribution in [0.2, 0.25) is 5.02 Å². The number of aryl methyl sites for hydroxylation is 1. The molecule has 82 valence electrons. The van der Waals surface area contributed by atoms with E-state index in [2.05, 4.69) is 0 Å². The van der Waals surface area contributed by atoms with Crippen molar-refractivity contribution in [3.05, 3.63) is 32.8 Å². The van der Waals surface area contributed by atoms with Crippen molar-refractivity contribution in [2.45, 2.75) is 11.8 Å². The van der Waals surface area contributed by atoms with Crippen LogP contribution in [0.1, 0.15) is 5.56 Å². The highest BCUT2D eigenvalue weighted by Gasteiger charge is 2.23. The summed E-state index contributed by atoms with van der Waals surface area (Å²) in [7, 11) is 1.00. The minimum atomic E-state index is -4.08. The predicted molar refractivity (Wildman–Crippen MR) is 55.9 cm³/mol. The Bertz CT molecular complexity index is 526. The highest BCUT2D eigenvalue weighted by molar-refractivity contribution is 8.13. The molecule has 15 heavy (non-hydrogen) atoms. The summed E-state index contributed by atoms with van der Waals surface area (Å²) >= 11 is 5.56. The molecule has 1 aromatic carbocycles. The van der Waals surface area contributed by atoms with E-state index in [0.29, 0.717) is 5.56 Å². The number of hydrogen-bond acceptors (Lipinski definition) is 4. The van der Waals surface area contributed by atoms with Gasteiger partial charge < -0.3 is 0 Å². The molecule has 1 rings (SSSR count). The van der Waals surface area contributed by atoms with Gasteiger partial charge in [-0.25, -0.2) is 8.42 Å². The quantitative estimate of drug-likeness (QED) is 0.470. The van der Waals surface area contributed by atoms with E-state index in [1.165, 1.54) is 19.1 Å². The van der Waals surface area contributed by atoms with E-state index in [1.54, 1.807) is 0 Å². The Morgan fingerprint density at radius 1 is 1.40 bits per heavy atom. The number of hydrogen-bond donors (Lipinski definition) is 0. The van der Waals surface area contributed by atoms with Crippen molar-refractivity contribution in [2.75, 3.05) is 0 Å². The maximum atomic E-state index is 11.0. The van der Waals surface area contributed by atoms with E-state index in [0.717, 1.165) is 0 Å². The van der Waals surface area contributed by atoms with Gasteiger partial charge >= 0.3 is 0 Å². The van der Waals surface area contributed by atoms with Crippen molar-refractivity contribution in [1.29, 1.82) is 0 Å². The molecular formula is C7H5Cl2NO4S. The average molecular weight is 270 g/mol. The Morgan fingerprint density at radius 2 is 1.93 bits per heavy atom. The van der Waals surface area contributed by atoms with Gasteiger partial charge in [-0.3, -0.25) is 10.1 Å². The molecule has 0 aliphatic heterocycles. The van der Waals surface area contributed by atoms with Crippen LogP contribution in [0.15, 0.2) is 17.0 Å². The van der Waals surface area contributed by atoms with E-state index < -0.39 is 29.6 Å². The van der Waals surface area contributed by atoms with Crippen LogP contribution in [0.5, 0.6) is 0 Å². The Hall–Kier alpha value is -0.850. The third-order valence-electron chi connectivity index (χ3n) is 1.62. The monoisotopic (exact) mass is 269 g/mol. The standard InChI is InChI=1S/C7H5Cl2NO4S/c1-4-2-5(10(11)12)7(8)6(3-4)15(9,13)14/h2-3H,1H3. The summed E-state index contributed by atoms with van der Waals surface area (Å²) in [5.41, 5.74) is -0.0822. The van der Waals surface area contributed by atoms with Gasteiger partial charge in [-0.2, -0.15) is 0 Å². The first-order valence-electron chi connectivity index (χ1n) is 3.62. The second-order valence-corrected chi connectivity index (χ2v) is 5.70. The summed E-state index contributed by atoms with van der Waals surface area (Å²) in [6.45, 7) is 1.51. The molecule has 0 atom stereocenters. The van der Waals surface area contributed by atoms with E-state index in [4.69, 9.17) is 22.3 Å². The summed E-state index contributed by atoms with van der Waals surface area (Å²) in [6, 6.07) is 2.35. The van der Waals surface area contributed by atoms with Crippen LogP contribution >= 0.6 is 22.3 Å². The van der Waals surface area contributed by atoms with Crippen molar-refractivity contribution in [2.24, 2.45) is 0 Å². The number of rotatable bonds is 2. The molecule has 0 unspecified atom stereocenters. The Morgan fingerprint density at radius 3 is 2.33 bits per heavy atom. The minimum Gasteiger partial charge on any atom is -0.258 e.